The number of nitrogens with zero attached hydrogens (tertiary/aromatic N) is 1. The highest BCUT2D eigenvalue weighted by Crippen LogP contribution is 2.05. The van der Waals surface area contributed by atoms with Crippen LogP contribution in [0.3, 0.4) is 0 Å². The van der Waals surface area contributed by atoms with Crippen LogP contribution in [-0.4, -0.2) is 34.3 Å². The standard InChI is InChI=1S/C5H8N2O3/c1-7-4(8)2-3(6-7)5(9)10/h2-3,6,8H,1H3,(H,9,10). The molecule has 0 amide bonds. The molecule has 10 heavy (non-hydrogen) atoms. The zero-order valence-corrected chi connectivity index (χ0v) is 5.40. The SMILES string of the molecule is CN1NC(C(=O)O)C=C1O. The number of aliphatic carboxylic acids is 1. The first-order chi connectivity index (χ1) is 4.61. The molecule has 0 aromatic rings. The van der Waals surface area contributed by atoms with E-state index < -0.39 is 12.0 Å². The summed E-state index contributed by atoms with van der Waals surface area (Å²) < 4.78 is 0. The highest BCUT2D eigenvalue weighted by Gasteiger charge is 2.24. The minimum Gasteiger partial charge on any atom is -0.494 e. The normalized spacial score (nSPS) is 24.7. The van der Waals surface area contributed by atoms with Crippen LogP contribution in [-0.2, 0) is 4.79 Å². The van der Waals surface area contributed by atoms with Crippen molar-refractivity contribution in [2.75, 3.05) is 7.05 Å². The molecule has 56 valence electrons. The second-order valence-corrected chi connectivity index (χ2v) is 2.03. The molecule has 0 aromatic heterocycles. The molecule has 0 saturated carbocycles. The maximum Gasteiger partial charge on any atom is 0.326 e. The second-order valence-electron chi connectivity index (χ2n) is 2.03. The molecule has 1 heterocycles. The van der Waals surface area contributed by atoms with E-state index in [0.29, 0.717) is 0 Å². The minimum absolute atomic E-state index is 0.0626. The predicted octanol–water partition coefficient (Wildman–Crippen LogP) is -0.711. The van der Waals surface area contributed by atoms with E-state index in [-0.39, 0.29) is 5.88 Å². The summed E-state index contributed by atoms with van der Waals surface area (Å²) in [5.41, 5.74) is 2.49. The van der Waals surface area contributed by atoms with Crippen molar-refractivity contribution in [2.24, 2.45) is 0 Å². The van der Waals surface area contributed by atoms with Gasteiger partial charge in [-0.2, -0.15) is 0 Å². The van der Waals surface area contributed by atoms with Gasteiger partial charge in [-0.05, 0) is 0 Å². The first kappa shape index (κ1) is 6.88. The maximum absolute atomic E-state index is 10.2. The van der Waals surface area contributed by atoms with Gasteiger partial charge in [0, 0.05) is 13.1 Å². The molecule has 0 fully saturated rings. The number of nitrogens with one attached hydrogen (secondary N) is 1. The summed E-state index contributed by atoms with van der Waals surface area (Å²) >= 11 is 0. The van der Waals surface area contributed by atoms with E-state index in [1.54, 1.807) is 0 Å². The number of carboxylic acid groups (broad SMARTS) is 1. The Bertz CT molecular complexity index is 189. The molecule has 1 unspecified atom stereocenters. The number of carbonyl (C=O) groups is 1. The Morgan fingerprint density at radius 3 is 2.70 bits per heavy atom. The fourth-order valence-electron chi connectivity index (χ4n) is 0.699. The third-order valence-electron chi connectivity index (χ3n) is 1.26. The van der Waals surface area contributed by atoms with Crippen molar-refractivity contribution >= 4 is 5.97 Å². The van der Waals surface area contributed by atoms with Crippen molar-refractivity contribution in [1.82, 2.24) is 10.4 Å². The number of rotatable bonds is 1. The van der Waals surface area contributed by atoms with Crippen molar-refractivity contribution in [3.05, 3.63) is 12.0 Å². The Hall–Kier alpha value is -1.23. The molecule has 0 saturated heterocycles. The van der Waals surface area contributed by atoms with Crippen LogP contribution in [0.1, 0.15) is 0 Å². The molecule has 0 radical (unpaired) electrons. The van der Waals surface area contributed by atoms with Gasteiger partial charge in [0.1, 0.15) is 6.04 Å². The summed E-state index contributed by atoms with van der Waals surface area (Å²) in [6.45, 7) is 0. The van der Waals surface area contributed by atoms with E-state index in [0.717, 1.165) is 0 Å². The highest BCUT2D eigenvalue weighted by molar-refractivity contribution is 5.76. The van der Waals surface area contributed by atoms with Gasteiger partial charge in [0.15, 0.2) is 5.88 Å². The first-order valence-corrected chi connectivity index (χ1v) is 2.75. The van der Waals surface area contributed by atoms with Gasteiger partial charge < -0.3 is 10.2 Å². The molecular formula is C5H8N2O3. The number of aliphatic hydroxyl groups excluding tert-OH is 1. The number of carboxylic acids is 1. The fourth-order valence-corrected chi connectivity index (χ4v) is 0.699. The summed E-state index contributed by atoms with van der Waals surface area (Å²) in [5, 5.41) is 18.5. The molecule has 0 spiro atoms. The van der Waals surface area contributed by atoms with E-state index in [9.17, 15) is 4.79 Å². The third kappa shape index (κ3) is 1.03. The van der Waals surface area contributed by atoms with Gasteiger partial charge in [0.05, 0.1) is 0 Å². The van der Waals surface area contributed by atoms with Crippen LogP contribution < -0.4 is 5.43 Å². The summed E-state index contributed by atoms with van der Waals surface area (Å²) in [6, 6.07) is -0.801. The van der Waals surface area contributed by atoms with Gasteiger partial charge in [-0.1, -0.05) is 0 Å². The molecule has 3 N–H and O–H groups in total. The van der Waals surface area contributed by atoms with E-state index in [1.807, 2.05) is 0 Å². The van der Waals surface area contributed by atoms with Crippen LogP contribution in [0.4, 0.5) is 0 Å². The topological polar surface area (TPSA) is 72.8 Å². The van der Waals surface area contributed by atoms with Crippen LogP contribution in [0.2, 0.25) is 0 Å². The predicted molar refractivity (Wildman–Crippen MR) is 33.0 cm³/mol. The summed E-state index contributed by atoms with van der Waals surface area (Å²) in [5.74, 6) is -1.07. The lowest BCUT2D eigenvalue weighted by molar-refractivity contribution is -0.138. The van der Waals surface area contributed by atoms with Crippen LogP contribution in [0.5, 0.6) is 0 Å². The van der Waals surface area contributed by atoms with Gasteiger partial charge >= 0.3 is 5.97 Å². The number of aliphatic hydroxyl groups is 1. The van der Waals surface area contributed by atoms with E-state index >= 15 is 0 Å². The summed E-state index contributed by atoms with van der Waals surface area (Å²) in [7, 11) is 1.54. The highest BCUT2D eigenvalue weighted by atomic mass is 16.4. The maximum atomic E-state index is 10.2. The third-order valence-corrected chi connectivity index (χ3v) is 1.26. The quantitative estimate of drug-likeness (QED) is 0.453. The van der Waals surface area contributed by atoms with E-state index in [2.05, 4.69) is 5.43 Å². The largest absolute Gasteiger partial charge is 0.494 e. The Morgan fingerprint density at radius 2 is 2.50 bits per heavy atom. The van der Waals surface area contributed by atoms with Gasteiger partial charge in [-0.3, -0.25) is 9.80 Å². The molecule has 1 rings (SSSR count). The number of hydrazine groups is 1. The van der Waals surface area contributed by atoms with Crippen molar-refractivity contribution in [1.29, 1.82) is 0 Å². The molecule has 5 heteroatoms. The van der Waals surface area contributed by atoms with Crippen LogP contribution in [0.25, 0.3) is 0 Å². The van der Waals surface area contributed by atoms with E-state index in [1.165, 1.54) is 18.1 Å². The van der Waals surface area contributed by atoms with Gasteiger partial charge in [0.2, 0.25) is 0 Å². The van der Waals surface area contributed by atoms with Crippen LogP contribution >= 0.6 is 0 Å². The number of hydrogen-bond acceptors (Lipinski definition) is 4. The molecule has 5 nitrogen and oxygen atoms in total. The van der Waals surface area contributed by atoms with E-state index in [4.69, 9.17) is 10.2 Å². The zero-order chi connectivity index (χ0) is 7.72. The summed E-state index contributed by atoms with van der Waals surface area (Å²) in [6.07, 6.45) is 1.22. The molecule has 0 aromatic carbocycles. The number of hydrogen-bond donors (Lipinski definition) is 3. The molecule has 1 aliphatic rings. The van der Waals surface area contributed by atoms with Crippen molar-refractivity contribution in [2.45, 2.75) is 6.04 Å². The molecule has 1 atom stereocenters. The lowest BCUT2D eigenvalue weighted by atomic mass is 10.3. The molecule has 1 aliphatic heterocycles. The van der Waals surface area contributed by atoms with Gasteiger partial charge in [0.25, 0.3) is 0 Å². The lowest BCUT2D eigenvalue weighted by Crippen LogP contribution is -2.38. The molecule has 0 aliphatic carbocycles. The van der Waals surface area contributed by atoms with Crippen molar-refractivity contribution in [3.8, 4) is 0 Å². The Morgan fingerprint density at radius 1 is 1.90 bits per heavy atom. The average molecular weight is 144 g/mol. The summed E-state index contributed by atoms with van der Waals surface area (Å²) in [4.78, 5) is 10.2. The van der Waals surface area contributed by atoms with Gasteiger partial charge in [-0.25, -0.2) is 5.43 Å². The minimum atomic E-state index is -1.00. The average Bonchev–Trinajstić information content (AvgIpc) is 2.13. The Balaban J connectivity index is 2.65. The zero-order valence-electron chi connectivity index (χ0n) is 5.40. The van der Waals surface area contributed by atoms with Crippen LogP contribution in [0, 0.1) is 0 Å². The Labute approximate surface area is 57.5 Å². The molecule has 0 bridgehead atoms. The second kappa shape index (κ2) is 2.18. The van der Waals surface area contributed by atoms with Gasteiger partial charge in [-0.15, -0.1) is 0 Å². The van der Waals surface area contributed by atoms with Crippen LogP contribution in [0.15, 0.2) is 12.0 Å². The monoisotopic (exact) mass is 144 g/mol. The fraction of sp³-hybridized carbons (Fsp3) is 0.400. The first-order valence-electron chi connectivity index (χ1n) is 2.75. The Kier molecular flexibility index (Phi) is 1.50. The molecular weight excluding hydrogens is 136 g/mol. The lowest BCUT2D eigenvalue weighted by Gasteiger charge is -2.12. The van der Waals surface area contributed by atoms with Crippen molar-refractivity contribution < 1.29 is 15.0 Å². The van der Waals surface area contributed by atoms with Crippen molar-refractivity contribution in [3.63, 3.8) is 0 Å². The smallest absolute Gasteiger partial charge is 0.326 e.